The molecule has 1 atom stereocenters. The van der Waals surface area contributed by atoms with E-state index in [9.17, 15) is 9.59 Å². The molecule has 6 heteroatoms. The molecule has 2 saturated heterocycles. The molecule has 2 aromatic rings. The van der Waals surface area contributed by atoms with Crippen molar-refractivity contribution in [1.29, 1.82) is 0 Å². The van der Waals surface area contributed by atoms with Crippen molar-refractivity contribution in [2.75, 3.05) is 19.6 Å². The van der Waals surface area contributed by atoms with E-state index in [2.05, 4.69) is 34.5 Å². The van der Waals surface area contributed by atoms with Crippen molar-refractivity contribution >= 4 is 12.0 Å². The number of hydrogen-bond donors (Lipinski definition) is 1. The van der Waals surface area contributed by atoms with Crippen LogP contribution in [0.3, 0.4) is 0 Å². The Balaban J connectivity index is 1.23. The second-order valence-electron chi connectivity index (χ2n) is 8.44. The Bertz CT molecular complexity index is 851. The first kappa shape index (κ1) is 21.4. The zero-order valence-corrected chi connectivity index (χ0v) is 17.9. The van der Waals surface area contributed by atoms with Gasteiger partial charge in [-0.15, -0.1) is 0 Å². The zero-order chi connectivity index (χ0) is 21.5. The Morgan fingerprint density at radius 2 is 1.52 bits per heavy atom. The highest BCUT2D eigenvalue weighted by molar-refractivity contribution is 5.86. The number of likely N-dealkylation sites (tertiary alicyclic amines) is 2. The van der Waals surface area contributed by atoms with Crippen LogP contribution < -0.4 is 5.32 Å². The normalized spacial score (nSPS) is 19.9. The largest absolute Gasteiger partial charge is 0.445 e. The van der Waals surface area contributed by atoms with Gasteiger partial charge in [-0.3, -0.25) is 14.6 Å². The average Bonchev–Trinajstić information content (AvgIpc) is 3.31. The first-order valence-corrected chi connectivity index (χ1v) is 11.2. The highest BCUT2D eigenvalue weighted by Crippen LogP contribution is 2.21. The molecular formula is C25H31N3O3. The number of carbonyl (C=O) groups excluding carboxylic acids is 2. The van der Waals surface area contributed by atoms with Crippen molar-refractivity contribution in [2.24, 2.45) is 0 Å². The maximum Gasteiger partial charge on any atom is 0.410 e. The Labute approximate surface area is 184 Å². The predicted octanol–water partition coefficient (Wildman–Crippen LogP) is 3.57. The Morgan fingerprint density at radius 1 is 0.871 bits per heavy atom. The van der Waals surface area contributed by atoms with E-state index in [0.29, 0.717) is 13.0 Å². The average molecular weight is 422 g/mol. The number of nitrogens with one attached hydrogen (secondary N) is 1. The van der Waals surface area contributed by atoms with Crippen molar-refractivity contribution in [1.82, 2.24) is 15.1 Å². The lowest BCUT2D eigenvalue weighted by Crippen LogP contribution is -2.51. The summed E-state index contributed by atoms with van der Waals surface area (Å²) in [7, 11) is 0. The summed E-state index contributed by atoms with van der Waals surface area (Å²) in [6.07, 6.45) is 2.99. The lowest BCUT2D eigenvalue weighted by molar-refractivity contribution is -0.126. The monoisotopic (exact) mass is 421 g/mol. The van der Waals surface area contributed by atoms with E-state index in [1.807, 2.05) is 36.4 Å². The number of hydrogen-bond acceptors (Lipinski definition) is 4. The Hall–Kier alpha value is -2.86. The van der Waals surface area contributed by atoms with Crippen molar-refractivity contribution in [3.8, 4) is 0 Å². The van der Waals surface area contributed by atoms with Gasteiger partial charge in [0.05, 0.1) is 0 Å². The molecule has 0 aromatic heterocycles. The lowest BCUT2D eigenvalue weighted by Gasteiger charge is -2.33. The van der Waals surface area contributed by atoms with Crippen molar-refractivity contribution < 1.29 is 14.3 Å². The zero-order valence-electron chi connectivity index (χ0n) is 17.9. The van der Waals surface area contributed by atoms with Gasteiger partial charge in [-0.25, -0.2) is 4.79 Å². The molecular weight excluding hydrogens is 390 g/mol. The van der Waals surface area contributed by atoms with Crippen molar-refractivity contribution in [3.63, 3.8) is 0 Å². The predicted molar refractivity (Wildman–Crippen MR) is 119 cm³/mol. The van der Waals surface area contributed by atoms with Crippen molar-refractivity contribution in [2.45, 2.75) is 50.9 Å². The quantitative estimate of drug-likeness (QED) is 0.775. The molecule has 31 heavy (non-hydrogen) atoms. The smallest absolute Gasteiger partial charge is 0.410 e. The van der Waals surface area contributed by atoms with E-state index in [1.54, 1.807) is 4.90 Å². The first-order chi connectivity index (χ1) is 15.2. The Morgan fingerprint density at radius 3 is 2.19 bits per heavy atom. The summed E-state index contributed by atoms with van der Waals surface area (Å²) in [5.74, 6) is -0.0457. The molecule has 6 nitrogen and oxygen atoms in total. The minimum absolute atomic E-state index is 0.0457. The molecule has 0 saturated carbocycles. The molecule has 2 fully saturated rings. The van der Waals surface area contributed by atoms with E-state index in [4.69, 9.17) is 4.74 Å². The summed E-state index contributed by atoms with van der Waals surface area (Å²) in [6, 6.07) is 19.8. The maximum absolute atomic E-state index is 12.9. The number of rotatable bonds is 6. The summed E-state index contributed by atoms with van der Waals surface area (Å²) in [5.41, 5.74) is 2.26. The van der Waals surface area contributed by atoms with Gasteiger partial charge in [0.25, 0.3) is 0 Å². The number of nitrogens with zero attached hydrogens (tertiary/aromatic N) is 2. The second-order valence-corrected chi connectivity index (χ2v) is 8.44. The van der Waals surface area contributed by atoms with Crippen LogP contribution in [0, 0.1) is 0 Å². The minimum atomic E-state index is -0.425. The number of ether oxygens (including phenoxy) is 1. The topological polar surface area (TPSA) is 61.9 Å². The van der Waals surface area contributed by atoms with Gasteiger partial charge in [0.2, 0.25) is 5.91 Å². The fourth-order valence-electron chi connectivity index (χ4n) is 4.43. The van der Waals surface area contributed by atoms with Gasteiger partial charge in [0.1, 0.15) is 12.6 Å². The van der Waals surface area contributed by atoms with Gasteiger partial charge in [0.15, 0.2) is 0 Å². The molecule has 1 N–H and O–H groups in total. The fraction of sp³-hybridized carbons (Fsp3) is 0.440. The third-order valence-corrected chi connectivity index (χ3v) is 6.18. The summed E-state index contributed by atoms with van der Waals surface area (Å²) < 4.78 is 5.45. The van der Waals surface area contributed by atoms with Gasteiger partial charge < -0.3 is 10.1 Å². The minimum Gasteiger partial charge on any atom is -0.445 e. The molecule has 2 heterocycles. The van der Waals surface area contributed by atoms with Crippen LogP contribution in [-0.4, -0.2) is 53.5 Å². The van der Waals surface area contributed by atoms with Crippen LogP contribution in [0.2, 0.25) is 0 Å². The molecule has 164 valence electrons. The Kier molecular flexibility index (Phi) is 7.20. The van der Waals surface area contributed by atoms with Crippen molar-refractivity contribution in [3.05, 3.63) is 71.8 Å². The van der Waals surface area contributed by atoms with Crippen LogP contribution >= 0.6 is 0 Å². The molecule has 0 bridgehead atoms. The van der Waals surface area contributed by atoms with Crippen LogP contribution in [0.15, 0.2) is 60.7 Å². The fourth-order valence-corrected chi connectivity index (χ4v) is 4.43. The molecule has 0 spiro atoms. The number of piperidine rings is 1. The standard InChI is InChI=1S/C25H31N3O3/c29-24(26-22-13-16-27(17-14-22)18-20-8-3-1-4-9-20)23-12-7-15-28(23)25(30)31-19-21-10-5-2-6-11-21/h1-6,8-11,22-23H,7,12-19H2,(H,26,29). The van der Waals surface area contributed by atoms with Crippen LogP contribution in [-0.2, 0) is 22.7 Å². The second kappa shape index (κ2) is 10.4. The summed E-state index contributed by atoms with van der Waals surface area (Å²) in [5, 5.41) is 3.19. The third kappa shape index (κ3) is 5.85. The van der Waals surface area contributed by atoms with Crippen LogP contribution in [0.25, 0.3) is 0 Å². The maximum atomic E-state index is 12.9. The lowest BCUT2D eigenvalue weighted by atomic mass is 10.0. The molecule has 0 aliphatic carbocycles. The van der Waals surface area contributed by atoms with Crippen LogP contribution in [0.4, 0.5) is 4.79 Å². The van der Waals surface area contributed by atoms with Gasteiger partial charge in [-0.05, 0) is 36.8 Å². The van der Waals surface area contributed by atoms with E-state index < -0.39 is 12.1 Å². The summed E-state index contributed by atoms with van der Waals surface area (Å²) >= 11 is 0. The molecule has 4 rings (SSSR count). The van der Waals surface area contributed by atoms with E-state index >= 15 is 0 Å². The summed E-state index contributed by atoms with van der Waals surface area (Å²) in [6.45, 7) is 3.68. The van der Waals surface area contributed by atoms with Gasteiger partial charge in [0, 0.05) is 32.2 Å². The van der Waals surface area contributed by atoms with Gasteiger partial charge in [-0.2, -0.15) is 0 Å². The van der Waals surface area contributed by atoms with Gasteiger partial charge >= 0.3 is 6.09 Å². The molecule has 2 amide bonds. The van der Waals surface area contributed by atoms with E-state index in [-0.39, 0.29) is 18.6 Å². The molecule has 2 aliphatic rings. The highest BCUT2D eigenvalue weighted by atomic mass is 16.6. The van der Waals surface area contributed by atoms with Gasteiger partial charge in [-0.1, -0.05) is 60.7 Å². The molecule has 1 unspecified atom stereocenters. The SMILES string of the molecule is O=C(NC1CCN(Cc2ccccc2)CC1)C1CCCN1C(=O)OCc1ccccc1. The first-order valence-electron chi connectivity index (χ1n) is 11.2. The highest BCUT2D eigenvalue weighted by Gasteiger charge is 2.36. The van der Waals surface area contributed by atoms with E-state index in [0.717, 1.165) is 44.5 Å². The van der Waals surface area contributed by atoms with Crippen LogP contribution in [0.1, 0.15) is 36.8 Å². The van der Waals surface area contributed by atoms with Crippen LogP contribution in [0.5, 0.6) is 0 Å². The number of carbonyl (C=O) groups is 2. The third-order valence-electron chi connectivity index (χ3n) is 6.18. The summed E-state index contributed by atoms with van der Waals surface area (Å²) in [4.78, 5) is 29.5. The number of benzene rings is 2. The molecule has 2 aliphatic heterocycles. The molecule has 0 radical (unpaired) electrons. The molecule has 2 aromatic carbocycles. The van der Waals surface area contributed by atoms with E-state index in [1.165, 1.54) is 5.56 Å². The number of amides is 2.